The van der Waals surface area contributed by atoms with Crippen molar-refractivity contribution in [2.24, 2.45) is 0 Å². The molecule has 3 aliphatic rings. The Balaban J connectivity index is 0.962. The van der Waals surface area contributed by atoms with Crippen molar-refractivity contribution in [3.63, 3.8) is 0 Å². The molecule has 1 aromatic heterocycles. The summed E-state index contributed by atoms with van der Waals surface area (Å²) in [5.74, 6) is 1.10. The van der Waals surface area contributed by atoms with Crippen LogP contribution in [-0.4, -0.2) is 63.2 Å². The lowest BCUT2D eigenvalue weighted by molar-refractivity contribution is -0.142. The van der Waals surface area contributed by atoms with E-state index in [9.17, 15) is 19.5 Å². The monoisotopic (exact) mass is 864 g/mol. The van der Waals surface area contributed by atoms with Gasteiger partial charge in [0, 0.05) is 36.8 Å². The molecular weight excluding hydrogens is 823 g/mol. The lowest BCUT2D eigenvalue weighted by Gasteiger charge is -2.39. The standard InChI is InChI=1S/C46H42Cl2N4O9/c1-26-22-57-25-52(26)46(56)51-21-33-20-42-41(59-24-43(61-42)31-7-11-34(12-8-31)58-23-30-6-13-36(47)37(48)16-30)19-32(33)18-39(51)44(53)50-38(45(54)55)17-29-4-9-35(10-5-29)60-40-14-15-49-28(3)27(40)2/h4-16,19-20,22,38-39,43H,17-18,21,23-25H2,1-3H3,(H,50,53)(H,54,55)/t38-,39-,43+/m0/s1. The summed E-state index contributed by atoms with van der Waals surface area (Å²) in [4.78, 5) is 48.0. The number of carbonyl (C=O) groups is 3. The number of hydrogen-bond donors (Lipinski definition) is 2. The minimum absolute atomic E-state index is 0.00213. The van der Waals surface area contributed by atoms with Gasteiger partial charge in [-0.3, -0.25) is 14.7 Å². The number of urea groups is 1. The smallest absolute Gasteiger partial charge is 0.328 e. The van der Waals surface area contributed by atoms with E-state index in [1.54, 1.807) is 55.6 Å². The molecule has 4 heterocycles. The van der Waals surface area contributed by atoms with E-state index in [1.165, 1.54) is 16.1 Å². The second-order valence-corrected chi connectivity index (χ2v) is 15.9. The Hall–Kier alpha value is -6.44. The molecule has 0 spiro atoms. The fraction of sp³-hybridized carbons (Fsp3) is 0.261. The van der Waals surface area contributed by atoms with Gasteiger partial charge < -0.3 is 39.0 Å². The number of nitrogens with one attached hydrogen (secondary N) is 1. The van der Waals surface area contributed by atoms with Gasteiger partial charge in [-0.15, -0.1) is 0 Å². The number of aliphatic carboxylic acids is 1. The molecule has 4 aromatic carbocycles. The molecule has 2 N–H and O–H groups in total. The molecule has 0 unspecified atom stereocenters. The SMILES string of the molecule is CC1=COCN1C(=O)N1Cc2cc3c(cc2C[C@H]1C(=O)N[C@@H](Cc1ccc(Oc2ccnc(C)c2C)cc1)C(=O)O)OC[C@H](c1ccc(OCc2ccc(Cl)c(Cl)c2)cc1)O3. The van der Waals surface area contributed by atoms with Gasteiger partial charge in [0.25, 0.3) is 0 Å². The normalized spacial score (nSPS) is 17.1. The average molecular weight is 866 g/mol. The fourth-order valence-corrected chi connectivity index (χ4v) is 7.66. The minimum Gasteiger partial charge on any atom is -0.489 e. The van der Waals surface area contributed by atoms with Crippen molar-refractivity contribution in [3.05, 3.63) is 152 Å². The van der Waals surface area contributed by atoms with Gasteiger partial charge in [-0.2, -0.15) is 0 Å². The van der Waals surface area contributed by atoms with Crippen LogP contribution in [0.3, 0.4) is 0 Å². The first-order chi connectivity index (χ1) is 29.4. The Morgan fingerprint density at radius 1 is 0.902 bits per heavy atom. The summed E-state index contributed by atoms with van der Waals surface area (Å²) in [6.07, 6.45) is 2.85. The van der Waals surface area contributed by atoms with Gasteiger partial charge in [0.2, 0.25) is 5.91 Å². The fourth-order valence-electron chi connectivity index (χ4n) is 7.34. The van der Waals surface area contributed by atoms with Crippen LogP contribution in [-0.2, 0) is 40.3 Å². The van der Waals surface area contributed by atoms with Crippen molar-refractivity contribution in [1.29, 1.82) is 0 Å². The molecule has 61 heavy (non-hydrogen) atoms. The third-order valence-electron chi connectivity index (χ3n) is 11.0. The number of aryl methyl sites for hydroxylation is 1. The van der Waals surface area contributed by atoms with Gasteiger partial charge in [0.05, 0.1) is 15.7 Å². The van der Waals surface area contributed by atoms with Crippen LogP contribution in [0.15, 0.2) is 103 Å². The van der Waals surface area contributed by atoms with Crippen molar-refractivity contribution in [2.45, 2.75) is 65.0 Å². The minimum atomic E-state index is -1.28. The van der Waals surface area contributed by atoms with Gasteiger partial charge in [-0.25, -0.2) is 9.59 Å². The van der Waals surface area contributed by atoms with Gasteiger partial charge in [-0.05, 0) is 103 Å². The Labute approximate surface area is 362 Å². The second kappa shape index (κ2) is 17.6. The third kappa shape index (κ3) is 9.18. The quantitative estimate of drug-likeness (QED) is 0.132. The molecule has 0 saturated carbocycles. The molecule has 3 atom stereocenters. The number of carbonyl (C=O) groups excluding carboxylic acids is 2. The number of allylic oxidation sites excluding steroid dienone is 1. The maximum atomic E-state index is 14.2. The molecule has 13 nitrogen and oxygen atoms in total. The Kier molecular flexibility index (Phi) is 12.0. The maximum Gasteiger partial charge on any atom is 0.328 e. The van der Waals surface area contributed by atoms with E-state index in [0.717, 1.165) is 33.5 Å². The Bertz CT molecular complexity index is 2510. The molecule has 314 valence electrons. The summed E-state index contributed by atoms with van der Waals surface area (Å²) in [7, 11) is 0. The first-order valence-corrected chi connectivity index (χ1v) is 20.4. The summed E-state index contributed by atoms with van der Waals surface area (Å²) >= 11 is 12.2. The third-order valence-corrected chi connectivity index (χ3v) is 11.7. The zero-order valence-electron chi connectivity index (χ0n) is 33.5. The van der Waals surface area contributed by atoms with E-state index in [0.29, 0.717) is 56.7 Å². The Morgan fingerprint density at radius 2 is 1.64 bits per heavy atom. The summed E-state index contributed by atoms with van der Waals surface area (Å²) < 4.78 is 30.1. The molecular formula is C46H42Cl2N4O9. The van der Waals surface area contributed by atoms with Crippen LogP contribution in [0, 0.1) is 13.8 Å². The zero-order chi connectivity index (χ0) is 42.8. The van der Waals surface area contributed by atoms with Crippen LogP contribution in [0.25, 0.3) is 0 Å². The van der Waals surface area contributed by atoms with E-state index in [2.05, 4.69) is 10.3 Å². The van der Waals surface area contributed by atoms with E-state index in [1.807, 2.05) is 56.3 Å². The Morgan fingerprint density at radius 3 is 2.36 bits per heavy atom. The number of hydrogen-bond acceptors (Lipinski definition) is 9. The number of carboxylic acid groups (broad SMARTS) is 1. The number of carboxylic acids is 1. The van der Waals surface area contributed by atoms with Gasteiger partial charge in [0.15, 0.2) is 24.3 Å². The number of aromatic nitrogens is 1. The zero-order valence-corrected chi connectivity index (χ0v) is 35.0. The van der Waals surface area contributed by atoms with E-state index in [4.69, 9.17) is 46.9 Å². The predicted molar refractivity (Wildman–Crippen MR) is 226 cm³/mol. The highest BCUT2D eigenvalue weighted by molar-refractivity contribution is 6.42. The molecule has 0 fully saturated rings. The molecule has 0 bridgehead atoms. The number of benzene rings is 4. The summed E-state index contributed by atoms with van der Waals surface area (Å²) in [6, 6.07) is 22.6. The van der Waals surface area contributed by atoms with Crippen molar-refractivity contribution in [1.82, 2.24) is 20.1 Å². The molecule has 0 aliphatic carbocycles. The number of nitrogens with zero attached hydrogens (tertiary/aromatic N) is 3. The number of fused-ring (bicyclic) bond motifs is 2. The van der Waals surface area contributed by atoms with Crippen molar-refractivity contribution >= 4 is 41.1 Å². The molecule has 8 rings (SSSR count). The first kappa shape index (κ1) is 41.3. The average Bonchev–Trinajstić information content (AvgIpc) is 3.70. The van der Waals surface area contributed by atoms with Crippen molar-refractivity contribution in [3.8, 4) is 28.7 Å². The van der Waals surface area contributed by atoms with Crippen LogP contribution in [0.4, 0.5) is 4.79 Å². The number of pyridine rings is 1. The van der Waals surface area contributed by atoms with E-state index >= 15 is 0 Å². The highest BCUT2D eigenvalue weighted by Gasteiger charge is 2.40. The molecule has 3 aliphatic heterocycles. The molecule has 5 aromatic rings. The van der Waals surface area contributed by atoms with Crippen LogP contribution in [0.5, 0.6) is 28.7 Å². The summed E-state index contributed by atoms with van der Waals surface area (Å²) in [6.45, 7) is 6.17. The molecule has 0 radical (unpaired) electrons. The molecule has 15 heteroatoms. The van der Waals surface area contributed by atoms with E-state index in [-0.39, 0.29) is 32.7 Å². The van der Waals surface area contributed by atoms with Crippen molar-refractivity contribution < 1.29 is 43.2 Å². The maximum absolute atomic E-state index is 14.2. The molecule has 3 amide bonds. The highest BCUT2D eigenvalue weighted by atomic mass is 35.5. The van der Waals surface area contributed by atoms with Crippen LogP contribution in [0.2, 0.25) is 10.0 Å². The molecule has 0 saturated heterocycles. The van der Waals surface area contributed by atoms with Gasteiger partial charge in [-0.1, -0.05) is 53.5 Å². The second-order valence-electron chi connectivity index (χ2n) is 15.1. The van der Waals surface area contributed by atoms with Gasteiger partial charge in [0.1, 0.15) is 48.8 Å². The lowest BCUT2D eigenvalue weighted by Crippen LogP contribution is -2.58. The summed E-state index contributed by atoms with van der Waals surface area (Å²) in [5.41, 5.74) is 6.33. The van der Waals surface area contributed by atoms with Crippen molar-refractivity contribution in [2.75, 3.05) is 13.3 Å². The highest BCUT2D eigenvalue weighted by Crippen LogP contribution is 2.41. The topological polar surface area (TPSA) is 149 Å². The lowest BCUT2D eigenvalue weighted by atomic mass is 9.92. The number of halogens is 2. The summed E-state index contributed by atoms with van der Waals surface area (Å²) in [5, 5.41) is 13.9. The largest absolute Gasteiger partial charge is 0.489 e. The number of rotatable bonds is 11. The van der Waals surface area contributed by atoms with E-state index < -0.39 is 36.1 Å². The van der Waals surface area contributed by atoms with Crippen LogP contribution in [0.1, 0.15) is 52.1 Å². The number of amides is 3. The first-order valence-electron chi connectivity index (χ1n) is 19.6. The number of ether oxygens (including phenoxy) is 5. The predicted octanol–water partition coefficient (Wildman–Crippen LogP) is 8.70. The van der Waals surface area contributed by atoms with Gasteiger partial charge >= 0.3 is 12.0 Å². The van der Waals surface area contributed by atoms with Crippen LogP contribution < -0.4 is 24.3 Å². The van der Waals surface area contributed by atoms with Crippen LogP contribution >= 0.6 is 23.2 Å².